The van der Waals surface area contributed by atoms with E-state index in [4.69, 9.17) is 16.7 Å². The van der Waals surface area contributed by atoms with Gasteiger partial charge in [-0.25, -0.2) is 13.1 Å². The molecular weight excluding hydrogens is 388 g/mol. The molecular formula is C16H24N6O3S2. The second-order valence-corrected chi connectivity index (χ2v) is 8.79. The largest absolute Gasteiger partial charge is 0.360 e. The van der Waals surface area contributed by atoms with Crippen LogP contribution in [0.4, 0.5) is 0 Å². The molecule has 0 spiro atoms. The van der Waals surface area contributed by atoms with Crippen LogP contribution in [0, 0.1) is 25.5 Å². The zero-order chi connectivity index (χ0) is 19.8. The van der Waals surface area contributed by atoms with Crippen LogP contribution in [0.15, 0.2) is 22.1 Å². The summed E-state index contributed by atoms with van der Waals surface area (Å²) in [6, 6.07) is 0. The van der Waals surface area contributed by atoms with Gasteiger partial charge in [0.1, 0.15) is 16.4 Å². The highest BCUT2D eigenvalue weighted by molar-refractivity contribution is 7.89. The van der Waals surface area contributed by atoms with E-state index >= 15 is 0 Å². The van der Waals surface area contributed by atoms with E-state index < -0.39 is 10.0 Å². The van der Waals surface area contributed by atoms with Crippen LogP contribution in [-0.2, 0) is 23.2 Å². The first-order chi connectivity index (χ1) is 12.8. The normalized spacial score (nSPS) is 16.7. The van der Waals surface area contributed by atoms with Crippen molar-refractivity contribution in [2.45, 2.75) is 38.9 Å². The van der Waals surface area contributed by atoms with Gasteiger partial charge in [-0.05, 0) is 33.0 Å². The standard InChI is InChI=1S/C16H24N6O3S2/c1-5-6-21-14(4)17-22(16(21)26)11-19-7-9-20(10-8-19)27(23,24)15-12(2)18-25-13(15)3/h5H,1,6-11H2,2-4H3. The highest BCUT2D eigenvalue weighted by Crippen LogP contribution is 2.24. The van der Waals surface area contributed by atoms with Crippen LogP contribution < -0.4 is 0 Å². The van der Waals surface area contributed by atoms with Gasteiger partial charge in [-0.2, -0.15) is 9.40 Å². The number of aryl methyl sites for hydroxylation is 3. The Hall–Kier alpha value is -1.82. The second kappa shape index (κ2) is 7.66. The Labute approximate surface area is 163 Å². The predicted octanol–water partition coefficient (Wildman–Crippen LogP) is 1.48. The maximum absolute atomic E-state index is 12.9. The maximum Gasteiger partial charge on any atom is 0.248 e. The van der Waals surface area contributed by atoms with E-state index in [0.717, 1.165) is 5.82 Å². The zero-order valence-corrected chi connectivity index (χ0v) is 17.4. The number of hydrogen-bond donors (Lipinski definition) is 0. The highest BCUT2D eigenvalue weighted by atomic mass is 32.2. The van der Waals surface area contributed by atoms with Crippen molar-refractivity contribution >= 4 is 22.2 Å². The lowest BCUT2D eigenvalue weighted by molar-refractivity contribution is 0.144. The minimum Gasteiger partial charge on any atom is -0.360 e. The molecule has 1 saturated heterocycles. The van der Waals surface area contributed by atoms with Gasteiger partial charge in [0.15, 0.2) is 10.5 Å². The minimum absolute atomic E-state index is 0.178. The summed E-state index contributed by atoms with van der Waals surface area (Å²) in [6.07, 6.45) is 1.78. The number of aromatic nitrogens is 4. The third-order valence-electron chi connectivity index (χ3n) is 4.65. The Bertz CT molecular complexity index is 977. The van der Waals surface area contributed by atoms with Crippen molar-refractivity contribution in [1.82, 2.24) is 28.7 Å². The number of piperazine rings is 1. The van der Waals surface area contributed by atoms with Gasteiger partial charge < -0.3 is 9.09 Å². The van der Waals surface area contributed by atoms with E-state index in [1.165, 1.54) is 4.31 Å². The molecule has 1 fully saturated rings. The third kappa shape index (κ3) is 3.77. The van der Waals surface area contributed by atoms with Gasteiger partial charge >= 0.3 is 0 Å². The molecule has 0 radical (unpaired) electrons. The molecule has 0 amide bonds. The average Bonchev–Trinajstić information content (AvgIpc) is 3.09. The molecule has 0 aliphatic carbocycles. The predicted molar refractivity (Wildman–Crippen MR) is 102 cm³/mol. The molecule has 2 aromatic heterocycles. The van der Waals surface area contributed by atoms with Crippen molar-refractivity contribution in [2.75, 3.05) is 26.2 Å². The van der Waals surface area contributed by atoms with Crippen LogP contribution in [0.1, 0.15) is 17.3 Å². The maximum atomic E-state index is 12.9. The van der Waals surface area contributed by atoms with Crippen molar-refractivity contribution in [1.29, 1.82) is 0 Å². The van der Waals surface area contributed by atoms with E-state index in [2.05, 4.69) is 21.7 Å². The van der Waals surface area contributed by atoms with Gasteiger partial charge in [0.25, 0.3) is 0 Å². The van der Waals surface area contributed by atoms with Gasteiger partial charge in [-0.1, -0.05) is 11.2 Å². The highest BCUT2D eigenvalue weighted by Gasteiger charge is 2.33. The number of hydrogen-bond acceptors (Lipinski definition) is 7. The molecule has 1 aliphatic heterocycles. The van der Waals surface area contributed by atoms with Crippen LogP contribution in [0.25, 0.3) is 0 Å². The monoisotopic (exact) mass is 412 g/mol. The van der Waals surface area contributed by atoms with Crippen LogP contribution in [0.3, 0.4) is 0 Å². The lowest BCUT2D eigenvalue weighted by Gasteiger charge is -2.33. The molecule has 148 valence electrons. The lowest BCUT2D eigenvalue weighted by Crippen LogP contribution is -2.49. The van der Waals surface area contributed by atoms with E-state index in [1.807, 2.05) is 11.5 Å². The van der Waals surface area contributed by atoms with Crippen molar-refractivity contribution in [2.24, 2.45) is 0 Å². The third-order valence-corrected chi connectivity index (χ3v) is 7.23. The first kappa shape index (κ1) is 19.9. The number of rotatable bonds is 6. The molecule has 1 aliphatic rings. The summed E-state index contributed by atoms with van der Waals surface area (Å²) in [5.41, 5.74) is 0.393. The molecule has 0 aromatic carbocycles. The molecule has 11 heteroatoms. The van der Waals surface area contributed by atoms with Crippen molar-refractivity contribution < 1.29 is 12.9 Å². The Morgan fingerprint density at radius 1 is 1.22 bits per heavy atom. The molecule has 0 atom stereocenters. The van der Waals surface area contributed by atoms with Crippen LogP contribution in [0.2, 0.25) is 0 Å². The van der Waals surface area contributed by atoms with E-state index in [-0.39, 0.29) is 4.90 Å². The molecule has 9 nitrogen and oxygen atoms in total. The summed E-state index contributed by atoms with van der Waals surface area (Å²) in [5.74, 6) is 1.16. The number of allylic oxidation sites excluding steroid dienone is 1. The molecule has 3 heterocycles. The summed E-state index contributed by atoms with van der Waals surface area (Å²) in [4.78, 5) is 2.32. The summed E-state index contributed by atoms with van der Waals surface area (Å²) >= 11 is 5.48. The van der Waals surface area contributed by atoms with E-state index in [1.54, 1.807) is 24.6 Å². The van der Waals surface area contributed by atoms with E-state index in [9.17, 15) is 8.42 Å². The van der Waals surface area contributed by atoms with E-state index in [0.29, 0.717) is 55.6 Å². The van der Waals surface area contributed by atoms with Gasteiger partial charge in [0, 0.05) is 32.7 Å². The van der Waals surface area contributed by atoms with Gasteiger partial charge in [0.05, 0.1) is 6.67 Å². The van der Waals surface area contributed by atoms with Gasteiger partial charge in [-0.15, -0.1) is 6.58 Å². The number of nitrogens with zero attached hydrogens (tertiary/aromatic N) is 6. The fourth-order valence-corrected chi connectivity index (χ4v) is 5.27. The number of sulfonamides is 1. The zero-order valence-electron chi connectivity index (χ0n) is 15.8. The first-order valence-corrected chi connectivity index (χ1v) is 10.5. The molecule has 2 aromatic rings. The Kier molecular flexibility index (Phi) is 5.65. The molecule has 0 unspecified atom stereocenters. The average molecular weight is 413 g/mol. The Morgan fingerprint density at radius 2 is 1.89 bits per heavy atom. The smallest absolute Gasteiger partial charge is 0.248 e. The minimum atomic E-state index is -3.60. The van der Waals surface area contributed by atoms with Crippen LogP contribution in [-0.4, -0.2) is 63.3 Å². The second-order valence-electron chi connectivity index (χ2n) is 6.55. The summed E-state index contributed by atoms with van der Waals surface area (Å²) in [6.45, 7) is 12.0. The topological polar surface area (TPSA) is 89.4 Å². The fourth-order valence-electron chi connectivity index (χ4n) is 3.25. The Morgan fingerprint density at radius 3 is 2.44 bits per heavy atom. The van der Waals surface area contributed by atoms with Crippen molar-refractivity contribution in [3.05, 3.63) is 34.7 Å². The Balaban J connectivity index is 1.69. The summed E-state index contributed by atoms with van der Waals surface area (Å²) < 4.78 is 36.6. The van der Waals surface area contributed by atoms with Crippen LogP contribution >= 0.6 is 12.2 Å². The molecule has 0 saturated carbocycles. The lowest BCUT2D eigenvalue weighted by atomic mass is 10.4. The molecule has 3 rings (SSSR count). The first-order valence-electron chi connectivity index (χ1n) is 8.66. The summed E-state index contributed by atoms with van der Waals surface area (Å²) in [7, 11) is -3.60. The van der Waals surface area contributed by atoms with Gasteiger partial charge in [0.2, 0.25) is 10.0 Å². The quantitative estimate of drug-likeness (QED) is 0.524. The molecule has 0 bridgehead atoms. The summed E-state index contributed by atoms with van der Waals surface area (Å²) in [5, 5.41) is 8.25. The molecule has 27 heavy (non-hydrogen) atoms. The van der Waals surface area contributed by atoms with Gasteiger partial charge in [-0.3, -0.25) is 4.90 Å². The molecule has 0 N–H and O–H groups in total. The van der Waals surface area contributed by atoms with Crippen molar-refractivity contribution in [3.8, 4) is 0 Å². The van der Waals surface area contributed by atoms with Crippen molar-refractivity contribution in [3.63, 3.8) is 0 Å². The SMILES string of the molecule is C=CCn1c(C)nn(CN2CCN(S(=O)(=O)c3c(C)noc3C)CC2)c1=S. The fraction of sp³-hybridized carbons (Fsp3) is 0.562. The van der Waals surface area contributed by atoms with Crippen LogP contribution in [0.5, 0.6) is 0 Å².